The third-order valence-corrected chi connectivity index (χ3v) is 4.12. The topological polar surface area (TPSA) is 84.2 Å². The Morgan fingerprint density at radius 1 is 1.00 bits per heavy atom. The molecule has 11 heteroatoms. The fourth-order valence-electron chi connectivity index (χ4n) is 2.33. The number of halogens is 5. The summed E-state index contributed by atoms with van der Waals surface area (Å²) >= 11 is 11.6. The molecule has 0 aliphatic rings. The van der Waals surface area contributed by atoms with Crippen LogP contribution in [0.4, 0.5) is 24.5 Å². The zero-order valence-electron chi connectivity index (χ0n) is 14.2. The number of anilines is 2. The normalized spacial score (nSPS) is 11.2. The third kappa shape index (κ3) is 4.87. The molecule has 2 aromatic heterocycles. The van der Waals surface area contributed by atoms with Crippen LogP contribution in [0, 0.1) is 0 Å². The molecule has 0 bridgehead atoms. The number of aromatic nitrogens is 1. The van der Waals surface area contributed by atoms with Crippen LogP contribution >= 0.6 is 23.2 Å². The van der Waals surface area contributed by atoms with E-state index in [0.717, 1.165) is 6.07 Å². The zero-order chi connectivity index (χ0) is 21.2. The van der Waals surface area contributed by atoms with Crippen LogP contribution in [0.5, 0.6) is 0 Å². The molecule has 0 radical (unpaired) electrons. The summed E-state index contributed by atoms with van der Waals surface area (Å²) in [6.07, 6.45) is -3.57. The minimum atomic E-state index is -4.82. The molecule has 2 amide bonds. The Morgan fingerprint density at radius 3 is 2.41 bits per heavy atom. The number of furan rings is 1. The Kier molecular flexibility index (Phi) is 5.81. The number of hydrogen-bond acceptors (Lipinski definition) is 4. The van der Waals surface area contributed by atoms with Crippen molar-refractivity contribution in [2.45, 2.75) is 6.18 Å². The number of nitrogens with zero attached hydrogens (tertiary/aromatic N) is 1. The van der Waals surface area contributed by atoms with E-state index < -0.39 is 29.2 Å². The van der Waals surface area contributed by atoms with Crippen LogP contribution in [-0.2, 0) is 6.18 Å². The Bertz CT molecular complexity index is 1070. The molecular weight excluding hydrogens is 434 g/mol. The van der Waals surface area contributed by atoms with E-state index in [4.69, 9.17) is 27.6 Å². The molecule has 3 aromatic rings. The van der Waals surface area contributed by atoms with Crippen molar-refractivity contribution >= 4 is 46.4 Å². The van der Waals surface area contributed by atoms with Crippen molar-refractivity contribution in [2.75, 3.05) is 10.6 Å². The van der Waals surface area contributed by atoms with Crippen LogP contribution in [0.1, 0.15) is 26.6 Å². The molecular formula is C18H10Cl2F3N3O3. The smallest absolute Gasteiger partial charge is 0.418 e. The summed E-state index contributed by atoms with van der Waals surface area (Å²) < 4.78 is 45.4. The highest BCUT2D eigenvalue weighted by Gasteiger charge is 2.35. The molecule has 0 atom stereocenters. The number of nitrogens with one attached hydrogen (secondary N) is 2. The molecule has 3 rings (SSSR count). The summed E-state index contributed by atoms with van der Waals surface area (Å²) in [6, 6.07) is 8.32. The largest absolute Gasteiger partial charge is 0.459 e. The maximum atomic E-state index is 13.5. The lowest BCUT2D eigenvalue weighted by atomic mass is 10.1. The number of rotatable bonds is 4. The summed E-state index contributed by atoms with van der Waals surface area (Å²) in [7, 11) is 0. The maximum absolute atomic E-state index is 13.5. The molecule has 29 heavy (non-hydrogen) atoms. The lowest BCUT2D eigenvalue weighted by Gasteiger charge is -2.16. The molecule has 2 heterocycles. The lowest BCUT2D eigenvalue weighted by Crippen LogP contribution is -2.19. The molecule has 150 valence electrons. The molecule has 0 aliphatic carbocycles. The average Bonchev–Trinajstić information content (AvgIpc) is 3.19. The highest BCUT2D eigenvalue weighted by Crippen LogP contribution is 2.37. The van der Waals surface area contributed by atoms with Gasteiger partial charge in [-0.05, 0) is 42.5 Å². The van der Waals surface area contributed by atoms with Gasteiger partial charge in [-0.2, -0.15) is 13.2 Å². The van der Waals surface area contributed by atoms with Gasteiger partial charge in [-0.1, -0.05) is 23.2 Å². The van der Waals surface area contributed by atoms with Gasteiger partial charge in [-0.3, -0.25) is 9.59 Å². The number of benzene rings is 1. The second kappa shape index (κ2) is 8.14. The Hall–Kier alpha value is -3.04. The fourth-order valence-corrected chi connectivity index (χ4v) is 2.66. The van der Waals surface area contributed by atoms with Gasteiger partial charge >= 0.3 is 6.18 Å². The first-order valence-corrected chi connectivity index (χ1v) is 8.60. The quantitative estimate of drug-likeness (QED) is 0.521. The second-order valence-electron chi connectivity index (χ2n) is 5.61. The first-order valence-electron chi connectivity index (χ1n) is 7.84. The van der Waals surface area contributed by atoms with E-state index in [1.807, 2.05) is 0 Å². The van der Waals surface area contributed by atoms with Crippen LogP contribution in [-0.4, -0.2) is 16.8 Å². The van der Waals surface area contributed by atoms with E-state index in [1.165, 1.54) is 36.6 Å². The van der Waals surface area contributed by atoms with Crippen molar-refractivity contribution in [3.63, 3.8) is 0 Å². The van der Waals surface area contributed by atoms with Gasteiger partial charge < -0.3 is 15.1 Å². The molecule has 0 unspecified atom stereocenters. The predicted octanol–water partition coefficient (Wildman–Crippen LogP) is 5.50. The summed E-state index contributed by atoms with van der Waals surface area (Å²) in [5, 5.41) is 4.27. The SMILES string of the molecule is O=C(Nc1ccc(NC(=O)c2nc(Cl)ccc2Cl)c(C(F)(F)F)c1)c1ccco1. The summed E-state index contributed by atoms with van der Waals surface area (Å²) in [5.74, 6) is -1.78. The van der Waals surface area contributed by atoms with Crippen LogP contribution < -0.4 is 10.6 Å². The Morgan fingerprint density at radius 2 is 1.76 bits per heavy atom. The first kappa shape index (κ1) is 20.7. The predicted molar refractivity (Wildman–Crippen MR) is 100 cm³/mol. The fraction of sp³-hybridized carbons (Fsp3) is 0.0556. The Balaban J connectivity index is 1.89. The molecule has 0 fully saturated rings. The second-order valence-corrected chi connectivity index (χ2v) is 6.40. The standard InChI is InChI=1S/C18H10Cl2F3N3O3/c19-11-4-6-14(20)26-15(11)17(28)25-12-5-3-9(8-10(12)18(21,22)23)24-16(27)13-2-1-7-29-13/h1-8H,(H,24,27)(H,25,28). The highest BCUT2D eigenvalue weighted by atomic mass is 35.5. The molecule has 0 aliphatic heterocycles. The van der Waals surface area contributed by atoms with Crippen molar-refractivity contribution in [1.29, 1.82) is 0 Å². The first-order chi connectivity index (χ1) is 13.6. The van der Waals surface area contributed by atoms with Crippen molar-refractivity contribution in [3.05, 3.63) is 75.9 Å². The van der Waals surface area contributed by atoms with Crippen LogP contribution in [0.15, 0.2) is 53.1 Å². The van der Waals surface area contributed by atoms with Crippen molar-refractivity contribution < 1.29 is 27.2 Å². The van der Waals surface area contributed by atoms with Gasteiger partial charge in [-0.25, -0.2) is 4.98 Å². The summed E-state index contributed by atoms with van der Waals surface area (Å²) in [5.41, 5.74) is -2.20. The van der Waals surface area contributed by atoms with Gasteiger partial charge in [0.1, 0.15) is 10.8 Å². The Labute approximate surface area is 171 Å². The van der Waals surface area contributed by atoms with Crippen LogP contribution in [0.3, 0.4) is 0 Å². The van der Waals surface area contributed by atoms with Gasteiger partial charge in [0.05, 0.1) is 22.5 Å². The molecule has 0 saturated heterocycles. The number of hydrogen-bond donors (Lipinski definition) is 2. The van der Waals surface area contributed by atoms with Crippen molar-refractivity contribution in [2.24, 2.45) is 0 Å². The van der Waals surface area contributed by atoms with Gasteiger partial charge in [-0.15, -0.1) is 0 Å². The monoisotopic (exact) mass is 443 g/mol. The minimum Gasteiger partial charge on any atom is -0.459 e. The minimum absolute atomic E-state index is 0.0495. The zero-order valence-corrected chi connectivity index (χ0v) is 15.7. The number of amides is 2. The molecule has 0 spiro atoms. The summed E-state index contributed by atoms with van der Waals surface area (Å²) in [4.78, 5) is 28.0. The highest BCUT2D eigenvalue weighted by molar-refractivity contribution is 6.35. The molecule has 2 N–H and O–H groups in total. The van der Waals surface area contributed by atoms with Crippen LogP contribution in [0.2, 0.25) is 10.2 Å². The number of carbonyl (C=O) groups excluding carboxylic acids is 2. The lowest BCUT2D eigenvalue weighted by molar-refractivity contribution is -0.136. The van der Waals surface area contributed by atoms with Gasteiger partial charge in [0, 0.05) is 5.69 Å². The molecule has 0 saturated carbocycles. The van der Waals surface area contributed by atoms with E-state index in [-0.39, 0.29) is 27.3 Å². The summed E-state index contributed by atoms with van der Waals surface area (Å²) in [6.45, 7) is 0. The number of carbonyl (C=O) groups is 2. The van der Waals surface area contributed by atoms with E-state index in [0.29, 0.717) is 6.07 Å². The van der Waals surface area contributed by atoms with Crippen molar-refractivity contribution in [1.82, 2.24) is 4.98 Å². The average molecular weight is 444 g/mol. The van der Waals surface area contributed by atoms with Gasteiger partial charge in [0.2, 0.25) is 0 Å². The molecule has 6 nitrogen and oxygen atoms in total. The van der Waals surface area contributed by atoms with Gasteiger partial charge in [0.25, 0.3) is 11.8 Å². The van der Waals surface area contributed by atoms with E-state index >= 15 is 0 Å². The van der Waals surface area contributed by atoms with E-state index in [2.05, 4.69) is 15.6 Å². The van der Waals surface area contributed by atoms with E-state index in [9.17, 15) is 22.8 Å². The van der Waals surface area contributed by atoms with E-state index in [1.54, 1.807) is 0 Å². The van der Waals surface area contributed by atoms with Crippen LogP contribution in [0.25, 0.3) is 0 Å². The van der Waals surface area contributed by atoms with Crippen molar-refractivity contribution in [3.8, 4) is 0 Å². The number of alkyl halides is 3. The third-order valence-electron chi connectivity index (χ3n) is 3.60. The maximum Gasteiger partial charge on any atom is 0.418 e. The number of pyridine rings is 1. The molecule has 1 aromatic carbocycles. The van der Waals surface area contributed by atoms with Gasteiger partial charge in [0.15, 0.2) is 5.76 Å².